The summed E-state index contributed by atoms with van der Waals surface area (Å²) in [5.74, 6) is 0.896. The van der Waals surface area contributed by atoms with E-state index in [1.165, 1.54) is 0 Å². The van der Waals surface area contributed by atoms with Crippen LogP contribution in [0.5, 0.6) is 0 Å². The second-order valence-corrected chi connectivity index (χ2v) is 4.32. The summed E-state index contributed by atoms with van der Waals surface area (Å²) in [4.78, 5) is 12.8. The first kappa shape index (κ1) is 12.7. The highest BCUT2D eigenvalue weighted by Gasteiger charge is 2.09. The lowest BCUT2D eigenvalue weighted by atomic mass is 10.2. The lowest BCUT2D eigenvalue weighted by molar-refractivity contribution is 0.112. The SMILES string of the molecule is CCN(Cc1ccco1)c1ccc(C=O)c(Cl)c1. The molecule has 0 spiro atoms. The molecule has 0 fully saturated rings. The van der Waals surface area contributed by atoms with Gasteiger partial charge in [0.25, 0.3) is 0 Å². The zero-order valence-electron chi connectivity index (χ0n) is 10.1. The summed E-state index contributed by atoms with van der Waals surface area (Å²) in [6.07, 6.45) is 2.42. The maximum absolute atomic E-state index is 10.7. The van der Waals surface area contributed by atoms with Crippen LogP contribution in [0.1, 0.15) is 23.0 Å². The van der Waals surface area contributed by atoms with Crippen molar-refractivity contribution < 1.29 is 9.21 Å². The second-order valence-electron chi connectivity index (χ2n) is 3.92. The van der Waals surface area contributed by atoms with Crippen molar-refractivity contribution >= 4 is 23.6 Å². The highest BCUT2D eigenvalue weighted by Crippen LogP contribution is 2.24. The monoisotopic (exact) mass is 263 g/mol. The fraction of sp³-hybridized carbons (Fsp3) is 0.214. The van der Waals surface area contributed by atoms with Gasteiger partial charge >= 0.3 is 0 Å². The Morgan fingerprint density at radius 2 is 2.22 bits per heavy atom. The van der Waals surface area contributed by atoms with Gasteiger partial charge in [0.05, 0.1) is 17.8 Å². The minimum atomic E-state index is 0.473. The lowest BCUT2D eigenvalue weighted by Gasteiger charge is -2.22. The van der Waals surface area contributed by atoms with Crippen LogP contribution in [-0.4, -0.2) is 12.8 Å². The summed E-state index contributed by atoms with van der Waals surface area (Å²) < 4.78 is 5.33. The zero-order chi connectivity index (χ0) is 13.0. The maximum Gasteiger partial charge on any atom is 0.151 e. The topological polar surface area (TPSA) is 33.5 Å². The average Bonchev–Trinajstić information content (AvgIpc) is 2.88. The van der Waals surface area contributed by atoms with Crippen molar-refractivity contribution in [2.45, 2.75) is 13.5 Å². The summed E-state index contributed by atoms with van der Waals surface area (Å²) in [6.45, 7) is 3.57. The van der Waals surface area contributed by atoms with Crippen molar-refractivity contribution in [1.82, 2.24) is 0 Å². The lowest BCUT2D eigenvalue weighted by Crippen LogP contribution is -2.21. The molecule has 3 nitrogen and oxygen atoms in total. The van der Waals surface area contributed by atoms with Crippen LogP contribution in [0, 0.1) is 0 Å². The van der Waals surface area contributed by atoms with Gasteiger partial charge in [-0.3, -0.25) is 4.79 Å². The second kappa shape index (κ2) is 5.74. The van der Waals surface area contributed by atoms with Crippen LogP contribution in [-0.2, 0) is 6.54 Å². The maximum atomic E-state index is 10.7. The van der Waals surface area contributed by atoms with E-state index in [0.717, 1.165) is 24.3 Å². The van der Waals surface area contributed by atoms with Crippen molar-refractivity contribution in [3.63, 3.8) is 0 Å². The van der Waals surface area contributed by atoms with E-state index in [1.807, 2.05) is 18.2 Å². The third-order valence-corrected chi connectivity index (χ3v) is 3.11. The molecule has 1 aromatic carbocycles. The van der Waals surface area contributed by atoms with Gasteiger partial charge in [0.2, 0.25) is 0 Å². The molecule has 0 aliphatic rings. The molecule has 0 unspecified atom stereocenters. The summed E-state index contributed by atoms with van der Waals surface area (Å²) >= 11 is 6.03. The Morgan fingerprint density at radius 3 is 2.78 bits per heavy atom. The number of aldehydes is 1. The van der Waals surface area contributed by atoms with Crippen molar-refractivity contribution in [3.8, 4) is 0 Å². The number of anilines is 1. The highest BCUT2D eigenvalue weighted by molar-refractivity contribution is 6.33. The van der Waals surface area contributed by atoms with Crippen molar-refractivity contribution in [1.29, 1.82) is 0 Å². The summed E-state index contributed by atoms with van der Waals surface area (Å²) in [7, 11) is 0. The van der Waals surface area contributed by atoms with Gasteiger partial charge < -0.3 is 9.32 Å². The van der Waals surface area contributed by atoms with Gasteiger partial charge in [-0.05, 0) is 37.3 Å². The molecule has 0 N–H and O–H groups in total. The van der Waals surface area contributed by atoms with Gasteiger partial charge in [-0.2, -0.15) is 0 Å². The van der Waals surface area contributed by atoms with Crippen LogP contribution in [0.15, 0.2) is 41.0 Å². The molecule has 0 atom stereocenters. The zero-order valence-corrected chi connectivity index (χ0v) is 10.9. The number of hydrogen-bond donors (Lipinski definition) is 0. The minimum absolute atomic E-state index is 0.473. The molecular weight excluding hydrogens is 250 g/mol. The Kier molecular flexibility index (Phi) is 4.05. The molecule has 1 aromatic heterocycles. The molecule has 2 aromatic rings. The number of carbonyl (C=O) groups excluding carboxylic acids is 1. The van der Waals surface area contributed by atoms with Crippen molar-refractivity contribution in [2.24, 2.45) is 0 Å². The normalized spacial score (nSPS) is 10.3. The van der Waals surface area contributed by atoms with E-state index < -0.39 is 0 Å². The molecule has 2 rings (SSSR count). The standard InChI is InChI=1S/C14H14ClNO2/c1-2-16(9-13-4-3-7-18-13)12-6-5-11(10-17)14(15)8-12/h3-8,10H,2,9H2,1H3. The summed E-state index contributed by atoms with van der Waals surface area (Å²) in [6, 6.07) is 9.23. The molecule has 18 heavy (non-hydrogen) atoms. The van der Waals surface area contributed by atoms with Gasteiger partial charge in [-0.1, -0.05) is 11.6 Å². The van der Waals surface area contributed by atoms with E-state index in [2.05, 4.69) is 11.8 Å². The van der Waals surface area contributed by atoms with Crippen LogP contribution in [0.4, 0.5) is 5.69 Å². The first-order valence-corrected chi connectivity index (χ1v) is 6.14. The Morgan fingerprint density at radius 1 is 1.39 bits per heavy atom. The van der Waals surface area contributed by atoms with Crippen LogP contribution in [0.3, 0.4) is 0 Å². The third-order valence-electron chi connectivity index (χ3n) is 2.78. The Labute approximate surface area is 111 Å². The quantitative estimate of drug-likeness (QED) is 0.770. The molecule has 0 bridgehead atoms. The van der Waals surface area contributed by atoms with Crippen LogP contribution < -0.4 is 4.90 Å². The average molecular weight is 264 g/mol. The first-order chi connectivity index (χ1) is 8.74. The largest absolute Gasteiger partial charge is 0.467 e. The highest BCUT2D eigenvalue weighted by atomic mass is 35.5. The van der Waals surface area contributed by atoms with Gasteiger partial charge in [0.15, 0.2) is 6.29 Å². The molecular formula is C14H14ClNO2. The number of furan rings is 1. The fourth-order valence-corrected chi connectivity index (χ4v) is 2.00. The van der Waals surface area contributed by atoms with E-state index in [0.29, 0.717) is 17.1 Å². The summed E-state index contributed by atoms with van der Waals surface area (Å²) in [5.41, 5.74) is 1.49. The Bertz CT molecular complexity index is 523. The van der Waals surface area contributed by atoms with E-state index >= 15 is 0 Å². The molecule has 0 amide bonds. The van der Waals surface area contributed by atoms with Gasteiger partial charge in [-0.15, -0.1) is 0 Å². The number of hydrogen-bond acceptors (Lipinski definition) is 3. The van der Waals surface area contributed by atoms with Gasteiger partial charge in [0.1, 0.15) is 5.76 Å². The Balaban J connectivity index is 2.22. The predicted octanol–water partition coefficient (Wildman–Crippen LogP) is 3.77. The first-order valence-electron chi connectivity index (χ1n) is 5.76. The predicted molar refractivity (Wildman–Crippen MR) is 72.3 cm³/mol. The van der Waals surface area contributed by atoms with E-state index in [4.69, 9.17) is 16.0 Å². The third kappa shape index (κ3) is 2.74. The van der Waals surface area contributed by atoms with Crippen LogP contribution in [0.25, 0.3) is 0 Å². The molecule has 1 heterocycles. The minimum Gasteiger partial charge on any atom is -0.467 e. The number of halogens is 1. The van der Waals surface area contributed by atoms with E-state index in [-0.39, 0.29) is 0 Å². The Hall–Kier alpha value is -1.74. The summed E-state index contributed by atoms with van der Waals surface area (Å²) in [5, 5.41) is 0.473. The van der Waals surface area contributed by atoms with Crippen molar-refractivity contribution in [3.05, 3.63) is 52.9 Å². The van der Waals surface area contributed by atoms with Gasteiger partial charge in [-0.25, -0.2) is 0 Å². The van der Waals surface area contributed by atoms with Crippen LogP contribution >= 0.6 is 11.6 Å². The van der Waals surface area contributed by atoms with Crippen LogP contribution in [0.2, 0.25) is 5.02 Å². The van der Waals surface area contributed by atoms with Crippen molar-refractivity contribution in [2.75, 3.05) is 11.4 Å². The number of benzene rings is 1. The van der Waals surface area contributed by atoms with Gasteiger partial charge in [0, 0.05) is 17.8 Å². The molecule has 0 saturated carbocycles. The molecule has 94 valence electrons. The van der Waals surface area contributed by atoms with E-state index in [1.54, 1.807) is 18.4 Å². The number of rotatable bonds is 5. The number of carbonyl (C=O) groups is 1. The molecule has 0 aliphatic carbocycles. The number of nitrogens with zero attached hydrogens (tertiary/aromatic N) is 1. The molecule has 0 aliphatic heterocycles. The van der Waals surface area contributed by atoms with E-state index in [9.17, 15) is 4.79 Å². The molecule has 4 heteroatoms. The molecule has 0 saturated heterocycles. The fourth-order valence-electron chi connectivity index (χ4n) is 1.78. The molecule has 0 radical (unpaired) electrons. The smallest absolute Gasteiger partial charge is 0.151 e.